The molecule has 1 aromatic heterocycles. The lowest BCUT2D eigenvalue weighted by Crippen LogP contribution is -2.41. The summed E-state index contributed by atoms with van der Waals surface area (Å²) in [6, 6.07) is 19.7. The number of fused-ring (bicyclic) bond motifs is 1. The van der Waals surface area contributed by atoms with Gasteiger partial charge in [0.1, 0.15) is 0 Å². The minimum Gasteiger partial charge on any atom is -0.472 e. The lowest BCUT2D eigenvalue weighted by atomic mass is 9.73. The van der Waals surface area contributed by atoms with E-state index < -0.39 is 5.41 Å². The van der Waals surface area contributed by atoms with E-state index in [-0.39, 0.29) is 18.2 Å². The van der Waals surface area contributed by atoms with Crippen molar-refractivity contribution in [3.8, 4) is 0 Å². The van der Waals surface area contributed by atoms with Crippen LogP contribution < -0.4 is 10.2 Å². The Morgan fingerprint density at radius 3 is 2.55 bits per heavy atom. The van der Waals surface area contributed by atoms with E-state index in [0.29, 0.717) is 19.4 Å². The second-order valence-electron chi connectivity index (χ2n) is 7.53. The topological polar surface area (TPSA) is 62.6 Å². The van der Waals surface area contributed by atoms with E-state index in [4.69, 9.17) is 4.42 Å². The van der Waals surface area contributed by atoms with Gasteiger partial charge in [0.2, 0.25) is 11.8 Å². The molecule has 5 nitrogen and oxygen atoms in total. The number of nitrogens with zero attached hydrogens (tertiary/aromatic N) is 1. The number of nitrogens with one attached hydrogen (secondary N) is 1. The molecule has 0 bridgehead atoms. The smallest absolute Gasteiger partial charge is 0.237 e. The average Bonchev–Trinajstić information content (AvgIpc) is 3.34. The Morgan fingerprint density at radius 1 is 1.03 bits per heavy atom. The number of carbonyl (C=O) groups is 2. The minimum absolute atomic E-state index is 0.0465. The largest absolute Gasteiger partial charge is 0.472 e. The summed E-state index contributed by atoms with van der Waals surface area (Å²) in [5.41, 5.74) is 3.19. The van der Waals surface area contributed by atoms with Crippen LogP contribution in [0.15, 0.2) is 77.6 Å². The highest BCUT2D eigenvalue weighted by Gasteiger charge is 2.49. The fourth-order valence-electron chi connectivity index (χ4n) is 4.17. The highest BCUT2D eigenvalue weighted by molar-refractivity contribution is 6.08. The molecule has 4 rings (SSSR count). The van der Waals surface area contributed by atoms with E-state index in [0.717, 1.165) is 22.4 Å². The van der Waals surface area contributed by atoms with E-state index in [1.807, 2.05) is 67.7 Å². The number of para-hydroxylation sites is 1. The number of likely N-dealkylation sites (N-methyl/N-ethyl adjacent to an activating group) is 1. The van der Waals surface area contributed by atoms with Crippen LogP contribution in [-0.4, -0.2) is 18.9 Å². The summed E-state index contributed by atoms with van der Waals surface area (Å²) in [6.07, 6.45) is 4.50. The van der Waals surface area contributed by atoms with Crippen LogP contribution in [-0.2, 0) is 28.0 Å². The summed E-state index contributed by atoms with van der Waals surface area (Å²) < 4.78 is 5.03. The van der Waals surface area contributed by atoms with Gasteiger partial charge >= 0.3 is 0 Å². The Labute approximate surface area is 170 Å². The predicted molar refractivity (Wildman–Crippen MR) is 111 cm³/mol. The molecule has 1 N–H and O–H groups in total. The van der Waals surface area contributed by atoms with Gasteiger partial charge in [-0.15, -0.1) is 0 Å². The highest BCUT2D eigenvalue weighted by atomic mass is 16.3. The molecule has 2 heterocycles. The van der Waals surface area contributed by atoms with Gasteiger partial charge in [-0.05, 0) is 36.1 Å². The molecule has 0 unspecified atom stereocenters. The van der Waals surface area contributed by atoms with Crippen LogP contribution in [0.2, 0.25) is 0 Å². The molecule has 2 aromatic carbocycles. The van der Waals surface area contributed by atoms with Crippen LogP contribution in [0.4, 0.5) is 5.69 Å². The Morgan fingerprint density at radius 2 is 1.79 bits per heavy atom. The molecule has 29 heavy (non-hydrogen) atoms. The van der Waals surface area contributed by atoms with Crippen molar-refractivity contribution in [3.63, 3.8) is 0 Å². The maximum Gasteiger partial charge on any atom is 0.237 e. The molecule has 0 fully saturated rings. The molecular formula is C24H24N2O3. The molecule has 0 saturated carbocycles. The number of benzene rings is 2. The van der Waals surface area contributed by atoms with Crippen molar-refractivity contribution >= 4 is 17.5 Å². The molecule has 3 aromatic rings. The first kappa shape index (κ1) is 19.0. The van der Waals surface area contributed by atoms with Crippen molar-refractivity contribution < 1.29 is 14.0 Å². The Bertz CT molecular complexity index is 998. The standard InChI is InChI=1S/C24H24N2O3/c1-26-21-10-6-5-9-20(21)24(23(26)28,15-18-7-3-2-4-8-18)13-11-22(27)25-16-19-12-14-29-17-19/h2-10,12,14,17H,11,13,15-16H2,1H3,(H,25,27)/t24-/m1/s1. The van der Waals surface area contributed by atoms with Gasteiger partial charge in [0, 0.05) is 31.3 Å². The lowest BCUT2D eigenvalue weighted by molar-refractivity contribution is -0.124. The second kappa shape index (κ2) is 7.95. The Balaban J connectivity index is 1.58. The number of anilines is 1. The Hall–Kier alpha value is -3.34. The molecule has 1 atom stereocenters. The molecule has 0 spiro atoms. The zero-order valence-corrected chi connectivity index (χ0v) is 16.4. The average molecular weight is 388 g/mol. The van der Waals surface area contributed by atoms with E-state index >= 15 is 0 Å². The summed E-state index contributed by atoms with van der Waals surface area (Å²) in [5, 5.41) is 2.92. The summed E-state index contributed by atoms with van der Waals surface area (Å²) in [7, 11) is 1.81. The fraction of sp³-hybridized carbons (Fsp3) is 0.250. The van der Waals surface area contributed by atoms with Crippen LogP contribution in [0.3, 0.4) is 0 Å². The number of furan rings is 1. The number of carbonyl (C=O) groups excluding carboxylic acids is 2. The third-order valence-corrected chi connectivity index (χ3v) is 5.69. The van der Waals surface area contributed by atoms with Gasteiger partial charge in [-0.2, -0.15) is 0 Å². The lowest BCUT2D eigenvalue weighted by Gasteiger charge is -2.28. The molecule has 0 radical (unpaired) electrons. The minimum atomic E-state index is -0.736. The van der Waals surface area contributed by atoms with Crippen molar-refractivity contribution in [2.45, 2.75) is 31.2 Å². The van der Waals surface area contributed by atoms with Crippen molar-refractivity contribution in [1.82, 2.24) is 5.32 Å². The molecule has 5 heteroatoms. The third kappa shape index (κ3) is 3.68. The van der Waals surface area contributed by atoms with Crippen LogP contribution in [0, 0.1) is 0 Å². The fourth-order valence-corrected chi connectivity index (χ4v) is 4.17. The van der Waals surface area contributed by atoms with Gasteiger partial charge in [0.15, 0.2) is 0 Å². The maximum atomic E-state index is 13.4. The van der Waals surface area contributed by atoms with Crippen molar-refractivity contribution in [1.29, 1.82) is 0 Å². The zero-order valence-electron chi connectivity index (χ0n) is 16.4. The molecule has 2 amide bonds. The molecule has 0 aliphatic carbocycles. The normalized spacial score (nSPS) is 18.0. The Kier molecular flexibility index (Phi) is 5.21. The van der Waals surface area contributed by atoms with Crippen LogP contribution in [0.25, 0.3) is 0 Å². The van der Waals surface area contributed by atoms with Crippen molar-refractivity contribution in [2.75, 3.05) is 11.9 Å². The first-order valence-corrected chi connectivity index (χ1v) is 9.79. The van der Waals surface area contributed by atoms with E-state index in [1.165, 1.54) is 0 Å². The summed E-state index contributed by atoms with van der Waals surface area (Å²) in [5.74, 6) is -0.0244. The highest BCUT2D eigenvalue weighted by Crippen LogP contribution is 2.46. The zero-order chi connectivity index (χ0) is 20.3. The van der Waals surface area contributed by atoms with Gasteiger partial charge in [0.05, 0.1) is 17.9 Å². The summed E-state index contributed by atoms with van der Waals surface area (Å²) >= 11 is 0. The second-order valence-corrected chi connectivity index (χ2v) is 7.53. The van der Waals surface area contributed by atoms with Gasteiger partial charge in [0.25, 0.3) is 0 Å². The van der Waals surface area contributed by atoms with Gasteiger partial charge in [-0.25, -0.2) is 0 Å². The summed E-state index contributed by atoms with van der Waals surface area (Å²) in [4.78, 5) is 27.7. The monoisotopic (exact) mass is 388 g/mol. The molecule has 0 saturated heterocycles. The van der Waals surface area contributed by atoms with Crippen molar-refractivity contribution in [3.05, 3.63) is 89.9 Å². The molecule has 1 aliphatic heterocycles. The van der Waals surface area contributed by atoms with Gasteiger partial charge in [-0.3, -0.25) is 9.59 Å². The number of rotatable bonds is 7. The first-order chi connectivity index (χ1) is 14.1. The third-order valence-electron chi connectivity index (χ3n) is 5.69. The van der Waals surface area contributed by atoms with Crippen LogP contribution in [0.5, 0.6) is 0 Å². The van der Waals surface area contributed by atoms with E-state index in [2.05, 4.69) is 5.32 Å². The quantitative estimate of drug-likeness (QED) is 0.669. The van der Waals surface area contributed by atoms with Crippen LogP contribution in [0.1, 0.15) is 29.5 Å². The summed E-state index contributed by atoms with van der Waals surface area (Å²) in [6.45, 7) is 0.422. The van der Waals surface area contributed by atoms with E-state index in [9.17, 15) is 9.59 Å². The molecule has 1 aliphatic rings. The van der Waals surface area contributed by atoms with Crippen molar-refractivity contribution in [2.24, 2.45) is 0 Å². The van der Waals surface area contributed by atoms with Gasteiger partial charge in [-0.1, -0.05) is 48.5 Å². The van der Waals surface area contributed by atoms with Gasteiger partial charge < -0.3 is 14.6 Å². The SMILES string of the molecule is CN1C(=O)[C@](CCC(=O)NCc2ccoc2)(Cc2ccccc2)c2ccccc21. The molecular weight excluding hydrogens is 364 g/mol. The maximum absolute atomic E-state index is 13.4. The molecule has 148 valence electrons. The number of amides is 2. The first-order valence-electron chi connectivity index (χ1n) is 9.79. The number of hydrogen-bond donors (Lipinski definition) is 1. The van der Waals surface area contributed by atoms with E-state index in [1.54, 1.807) is 17.4 Å². The van der Waals surface area contributed by atoms with Crippen LogP contribution >= 0.6 is 0 Å². The predicted octanol–water partition coefficient (Wildman–Crippen LogP) is 3.83. The number of hydrogen-bond acceptors (Lipinski definition) is 3.